The van der Waals surface area contributed by atoms with E-state index in [2.05, 4.69) is 27.6 Å². The molecule has 2 rings (SSSR count). The molecule has 0 bridgehead atoms. The second kappa shape index (κ2) is 4.25. The van der Waals surface area contributed by atoms with E-state index in [9.17, 15) is 9.59 Å². The first-order chi connectivity index (χ1) is 7.59. The maximum atomic E-state index is 12.0. The van der Waals surface area contributed by atoms with Gasteiger partial charge in [-0.25, -0.2) is 0 Å². The number of halogens is 1. The van der Waals surface area contributed by atoms with E-state index in [0.29, 0.717) is 10.9 Å². The minimum atomic E-state index is -0.504. The minimum Gasteiger partial charge on any atom is -0.369 e. The highest BCUT2D eigenvalue weighted by molar-refractivity contribution is 14.1. The molecule has 0 unspecified atom stereocenters. The third kappa shape index (κ3) is 1.95. The summed E-state index contributed by atoms with van der Waals surface area (Å²) in [5.41, 5.74) is 6.14. The third-order valence-electron chi connectivity index (χ3n) is 2.31. The average Bonchev–Trinajstić information content (AvgIpc) is 2.23. The normalized spacial score (nSPS) is 10.6. The maximum Gasteiger partial charge on any atom is 0.222 e. The smallest absolute Gasteiger partial charge is 0.222 e. The van der Waals surface area contributed by atoms with Crippen LogP contribution in [0.15, 0.2) is 29.2 Å². The molecular formula is C11H9IN2O2. The van der Waals surface area contributed by atoms with Gasteiger partial charge in [-0.2, -0.15) is 0 Å². The van der Waals surface area contributed by atoms with Crippen LogP contribution in [0, 0.1) is 3.57 Å². The number of para-hydroxylation sites is 1. The van der Waals surface area contributed by atoms with E-state index in [-0.39, 0.29) is 11.8 Å². The average molecular weight is 328 g/mol. The number of benzene rings is 1. The quantitative estimate of drug-likeness (QED) is 0.812. The minimum absolute atomic E-state index is 0.0310. The number of nitrogens with two attached hydrogens (primary N) is 1. The van der Waals surface area contributed by atoms with Crippen LogP contribution in [-0.2, 0) is 11.2 Å². The van der Waals surface area contributed by atoms with Crippen molar-refractivity contribution in [3.8, 4) is 0 Å². The molecule has 0 fully saturated rings. The van der Waals surface area contributed by atoms with Gasteiger partial charge < -0.3 is 10.7 Å². The van der Waals surface area contributed by atoms with Gasteiger partial charge in [-0.3, -0.25) is 9.59 Å². The summed E-state index contributed by atoms with van der Waals surface area (Å²) in [4.78, 5) is 25.8. The van der Waals surface area contributed by atoms with Crippen LogP contribution in [0.1, 0.15) is 5.56 Å². The summed E-state index contributed by atoms with van der Waals surface area (Å²) in [7, 11) is 0. The van der Waals surface area contributed by atoms with Crippen molar-refractivity contribution in [2.75, 3.05) is 0 Å². The maximum absolute atomic E-state index is 12.0. The van der Waals surface area contributed by atoms with E-state index >= 15 is 0 Å². The van der Waals surface area contributed by atoms with Crippen molar-refractivity contribution >= 4 is 39.4 Å². The van der Waals surface area contributed by atoms with Gasteiger partial charge >= 0.3 is 0 Å². The fraction of sp³-hybridized carbons (Fsp3) is 0.0909. The molecule has 1 aromatic heterocycles. The second-order valence-electron chi connectivity index (χ2n) is 3.45. The van der Waals surface area contributed by atoms with Gasteiger partial charge in [0.1, 0.15) is 0 Å². The molecule has 1 aromatic carbocycles. The van der Waals surface area contributed by atoms with Crippen molar-refractivity contribution in [3.05, 3.63) is 43.8 Å². The standard InChI is InChI=1S/C11H9IN2O2/c12-8-3-1-2-7-10(8)14-5-6(11(7)16)4-9(13)15/h1-3,5H,4H2,(H2,13,15)(H,14,16). The molecule has 0 atom stereocenters. The molecule has 16 heavy (non-hydrogen) atoms. The summed E-state index contributed by atoms with van der Waals surface area (Å²) in [5, 5.41) is 0.589. The summed E-state index contributed by atoms with van der Waals surface area (Å²) in [5.74, 6) is -0.504. The number of aromatic nitrogens is 1. The molecule has 2 aromatic rings. The number of primary amides is 1. The lowest BCUT2D eigenvalue weighted by molar-refractivity contribution is -0.117. The van der Waals surface area contributed by atoms with Crippen LogP contribution in [0.4, 0.5) is 0 Å². The van der Waals surface area contributed by atoms with Crippen LogP contribution < -0.4 is 11.2 Å². The predicted octanol–water partition coefficient (Wildman–Crippen LogP) is 1.16. The Morgan fingerprint density at radius 3 is 2.88 bits per heavy atom. The lowest BCUT2D eigenvalue weighted by Gasteiger charge is -2.02. The molecule has 1 amide bonds. The highest BCUT2D eigenvalue weighted by atomic mass is 127. The van der Waals surface area contributed by atoms with Gasteiger partial charge in [0.15, 0.2) is 5.43 Å². The van der Waals surface area contributed by atoms with E-state index in [4.69, 9.17) is 5.73 Å². The third-order valence-corrected chi connectivity index (χ3v) is 3.20. The van der Waals surface area contributed by atoms with Crippen molar-refractivity contribution in [2.24, 2.45) is 5.73 Å². The first kappa shape index (κ1) is 11.1. The van der Waals surface area contributed by atoms with Crippen LogP contribution in [-0.4, -0.2) is 10.9 Å². The van der Waals surface area contributed by atoms with Crippen molar-refractivity contribution in [1.29, 1.82) is 0 Å². The number of hydrogen-bond donors (Lipinski definition) is 2. The Hall–Kier alpha value is -1.37. The Morgan fingerprint density at radius 2 is 2.19 bits per heavy atom. The molecule has 82 valence electrons. The van der Waals surface area contributed by atoms with Crippen LogP contribution in [0.3, 0.4) is 0 Å². The Balaban J connectivity index is 2.71. The molecule has 1 heterocycles. The predicted molar refractivity (Wildman–Crippen MR) is 70.2 cm³/mol. The van der Waals surface area contributed by atoms with Crippen molar-refractivity contribution < 1.29 is 4.79 Å². The molecule has 4 nitrogen and oxygen atoms in total. The lowest BCUT2D eigenvalue weighted by Crippen LogP contribution is -2.20. The van der Waals surface area contributed by atoms with Crippen LogP contribution in [0.2, 0.25) is 0 Å². The number of aromatic amines is 1. The number of carbonyl (C=O) groups is 1. The zero-order valence-electron chi connectivity index (χ0n) is 8.29. The second-order valence-corrected chi connectivity index (χ2v) is 4.61. The zero-order valence-corrected chi connectivity index (χ0v) is 10.4. The topological polar surface area (TPSA) is 76.0 Å². The number of amides is 1. The number of carbonyl (C=O) groups excluding carboxylic acids is 1. The van der Waals surface area contributed by atoms with Crippen LogP contribution in [0.5, 0.6) is 0 Å². The summed E-state index contributed by atoms with van der Waals surface area (Å²) in [6.07, 6.45) is 1.52. The number of rotatable bonds is 2. The van der Waals surface area contributed by atoms with Gasteiger partial charge in [0.05, 0.1) is 11.9 Å². The van der Waals surface area contributed by atoms with Gasteiger partial charge in [-0.1, -0.05) is 6.07 Å². The largest absolute Gasteiger partial charge is 0.369 e. The van der Waals surface area contributed by atoms with Gasteiger partial charge in [0.2, 0.25) is 5.91 Å². The van der Waals surface area contributed by atoms with Crippen molar-refractivity contribution in [1.82, 2.24) is 4.98 Å². The molecule has 0 aliphatic carbocycles. The van der Waals surface area contributed by atoms with Gasteiger partial charge in [-0.05, 0) is 34.7 Å². The summed E-state index contributed by atoms with van der Waals surface area (Å²) in [6.45, 7) is 0. The highest BCUT2D eigenvalue weighted by Crippen LogP contribution is 2.15. The first-order valence-electron chi connectivity index (χ1n) is 4.66. The number of nitrogens with one attached hydrogen (secondary N) is 1. The van der Waals surface area contributed by atoms with E-state index in [1.54, 1.807) is 12.3 Å². The molecule has 0 aliphatic rings. The highest BCUT2D eigenvalue weighted by Gasteiger charge is 2.08. The monoisotopic (exact) mass is 328 g/mol. The number of pyridine rings is 1. The summed E-state index contributed by atoms with van der Waals surface area (Å²) < 4.78 is 0.970. The van der Waals surface area contributed by atoms with Crippen molar-refractivity contribution in [2.45, 2.75) is 6.42 Å². The van der Waals surface area contributed by atoms with E-state index in [0.717, 1.165) is 9.09 Å². The van der Waals surface area contributed by atoms with E-state index in [1.165, 1.54) is 0 Å². The number of fused-ring (bicyclic) bond motifs is 1. The van der Waals surface area contributed by atoms with Gasteiger partial charge in [0, 0.05) is 20.7 Å². The number of hydrogen-bond acceptors (Lipinski definition) is 2. The van der Waals surface area contributed by atoms with E-state index in [1.807, 2.05) is 12.1 Å². The SMILES string of the molecule is NC(=O)Cc1c[nH]c2c(I)cccc2c1=O. The first-order valence-corrected chi connectivity index (χ1v) is 5.74. The van der Waals surface area contributed by atoms with Crippen molar-refractivity contribution in [3.63, 3.8) is 0 Å². The Morgan fingerprint density at radius 1 is 1.44 bits per heavy atom. The van der Waals surface area contributed by atoms with Crippen LogP contribution >= 0.6 is 22.6 Å². The molecule has 0 saturated carbocycles. The lowest BCUT2D eigenvalue weighted by atomic mass is 10.1. The molecule has 0 spiro atoms. The molecular weight excluding hydrogens is 319 g/mol. The van der Waals surface area contributed by atoms with Gasteiger partial charge in [0.25, 0.3) is 0 Å². The molecule has 0 aliphatic heterocycles. The summed E-state index contributed by atoms with van der Waals surface area (Å²) in [6, 6.07) is 5.46. The Bertz CT molecular complexity index is 619. The Labute approximate surface area is 105 Å². The molecule has 3 N–H and O–H groups in total. The molecule has 5 heteroatoms. The van der Waals surface area contributed by atoms with Crippen LogP contribution in [0.25, 0.3) is 10.9 Å². The fourth-order valence-corrected chi connectivity index (χ4v) is 2.23. The zero-order chi connectivity index (χ0) is 11.7. The molecule has 0 saturated heterocycles. The Kier molecular flexibility index (Phi) is 2.95. The number of H-pyrrole nitrogens is 1. The van der Waals surface area contributed by atoms with Gasteiger partial charge in [-0.15, -0.1) is 0 Å². The van der Waals surface area contributed by atoms with E-state index < -0.39 is 5.91 Å². The summed E-state index contributed by atoms with van der Waals surface area (Å²) >= 11 is 2.15. The molecule has 0 radical (unpaired) electrons. The fourth-order valence-electron chi connectivity index (χ4n) is 1.58.